The zero-order valence-electron chi connectivity index (χ0n) is 7.95. The third-order valence-electron chi connectivity index (χ3n) is 3.04. The molecule has 0 aromatic heterocycles. The fraction of sp³-hybridized carbons (Fsp3) is 1.00. The van der Waals surface area contributed by atoms with E-state index < -0.39 is 0 Å². The summed E-state index contributed by atoms with van der Waals surface area (Å²) >= 11 is 0. The Morgan fingerprint density at radius 3 is 2.18 bits per heavy atom. The molecular weight excluding hydrogens is 134 g/mol. The van der Waals surface area contributed by atoms with Gasteiger partial charge in [-0.1, -0.05) is 33.1 Å². The van der Waals surface area contributed by atoms with Crippen LogP contribution in [0.2, 0.25) is 0 Å². The molecule has 1 aliphatic rings. The average molecular weight is 155 g/mol. The summed E-state index contributed by atoms with van der Waals surface area (Å²) in [6, 6.07) is 0. The molecule has 0 bridgehead atoms. The SMILES string of the molecule is CCNC1(CC)CCCCC1. The standard InChI is InChI=1S/C10H21N/c1-3-10(11-4-2)8-6-5-7-9-10/h11H,3-9H2,1-2H3. The third-order valence-corrected chi connectivity index (χ3v) is 3.04. The Morgan fingerprint density at radius 1 is 1.09 bits per heavy atom. The van der Waals surface area contributed by atoms with E-state index in [1.54, 1.807) is 0 Å². The molecule has 0 aromatic carbocycles. The summed E-state index contributed by atoms with van der Waals surface area (Å²) in [7, 11) is 0. The Hall–Kier alpha value is -0.0400. The minimum Gasteiger partial charge on any atom is -0.312 e. The first-order valence-corrected chi connectivity index (χ1v) is 5.08. The van der Waals surface area contributed by atoms with E-state index in [0.29, 0.717) is 5.54 Å². The lowest BCUT2D eigenvalue weighted by Crippen LogP contribution is -2.45. The average Bonchev–Trinajstić information content (AvgIpc) is 2.07. The first-order chi connectivity index (χ1) is 5.33. The van der Waals surface area contributed by atoms with Gasteiger partial charge in [0.1, 0.15) is 0 Å². The molecule has 0 saturated heterocycles. The van der Waals surface area contributed by atoms with Crippen LogP contribution in [0.25, 0.3) is 0 Å². The highest BCUT2D eigenvalue weighted by atomic mass is 15.0. The summed E-state index contributed by atoms with van der Waals surface area (Å²) in [6.07, 6.45) is 8.42. The Morgan fingerprint density at radius 2 is 1.73 bits per heavy atom. The summed E-state index contributed by atoms with van der Waals surface area (Å²) in [5, 5.41) is 3.65. The van der Waals surface area contributed by atoms with E-state index in [0.717, 1.165) is 6.54 Å². The molecule has 0 spiro atoms. The molecule has 1 nitrogen and oxygen atoms in total. The van der Waals surface area contributed by atoms with Gasteiger partial charge in [-0.15, -0.1) is 0 Å². The minimum atomic E-state index is 0.521. The van der Waals surface area contributed by atoms with Crippen molar-refractivity contribution in [1.82, 2.24) is 5.32 Å². The topological polar surface area (TPSA) is 12.0 Å². The van der Waals surface area contributed by atoms with Crippen LogP contribution in [0.15, 0.2) is 0 Å². The monoisotopic (exact) mass is 155 g/mol. The fourth-order valence-corrected chi connectivity index (χ4v) is 2.26. The maximum atomic E-state index is 3.65. The summed E-state index contributed by atoms with van der Waals surface area (Å²) in [4.78, 5) is 0. The second kappa shape index (κ2) is 4.10. The number of hydrogen-bond donors (Lipinski definition) is 1. The second-order valence-electron chi connectivity index (χ2n) is 3.72. The molecule has 1 fully saturated rings. The highest BCUT2D eigenvalue weighted by Crippen LogP contribution is 2.30. The third kappa shape index (κ3) is 2.19. The van der Waals surface area contributed by atoms with Crippen LogP contribution in [0.3, 0.4) is 0 Å². The van der Waals surface area contributed by atoms with Crippen LogP contribution in [0.5, 0.6) is 0 Å². The molecule has 0 radical (unpaired) electrons. The molecule has 11 heavy (non-hydrogen) atoms. The van der Waals surface area contributed by atoms with Gasteiger partial charge in [0.15, 0.2) is 0 Å². The molecular formula is C10H21N. The van der Waals surface area contributed by atoms with Crippen molar-refractivity contribution in [2.75, 3.05) is 6.54 Å². The predicted molar refractivity (Wildman–Crippen MR) is 49.8 cm³/mol. The van der Waals surface area contributed by atoms with Crippen LogP contribution >= 0.6 is 0 Å². The Kier molecular flexibility index (Phi) is 3.38. The van der Waals surface area contributed by atoms with Crippen LogP contribution in [0.4, 0.5) is 0 Å². The zero-order chi connectivity index (χ0) is 8.16. The maximum Gasteiger partial charge on any atom is 0.0178 e. The molecule has 1 N–H and O–H groups in total. The number of nitrogens with one attached hydrogen (secondary N) is 1. The summed E-state index contributed by atoms with van der Waals surface area (Å²) in [6.45, 7) is 5.66. The number of rotatable bonds is 3. The predicted octanol–water partition coefficient (Wildman–Crippen LogP) is 2.71. The van der Waals surface area contributed by atoms with Gasteiger partial charge in [-0.05, 0) is 25.8 Å². The lowest BCUT2D eigenvalue weighted by Gasteiger charge is -2.37. The van der Waals surface area contributed by atoms with Crippen molar-refractivity contribution in [2.24, 2.45) is 0 Å². The van der Waals surface area contributed by atoms with Crippen molar-refractivity contribution in [3.63, 3.8) is 0 Å². The van der Waals surface area contributed by atoms with Gasteiger partial charge in [0.25, 0.3) is 0 Å². The normalized spacial score (nSPS) is 23.5. The zero-order valence-corrected chi connectivity index (χ0v) is 7.95. The van der Waals surface area contributed by atoms with Crippen LogP contribution in [0, 0.1) is 0 Å². The van der Waals surface area contributed by atoms with Gasteiger partial charge >= 0.3 is 0 Å². The highest BCUT2D eigenvalue weighted by molar-refractivity contribution is 4.88. The molecule has 0 unspecified atom stereocenters. The van der Waals surface area contributed by atoms with Gasteiger partial charge in [0.05, 0.1) is 0 Å². The Bertz CT molecular complexity index is 97.9. The van der Waals surface area contributed by atoms with Crippen LogP contribution in [0.1, 0.15) is 52.4 Å². The van der Waals surface area contributed by atoms with Crippen molar-refractivity contribution in [2.45, 2.75) is 57.9 Å². The van der Waals surface area contributed by atoms with Gasteiger partial charge in [-0.25, -0.2) is 0 Å². The van der Waals surface area contributed by atoms with Crippen molar-refractivity contribution in [3.05, 3.63) is 0 Å². The molecule has 66 valence electrons. The molecule has 0 atom stereocenters. The summed E-state index contributed by atoms with van der Waals surface area (Å²) < 4.78 is 0. The van der Waals surface area contributed by atoms with Gasteiger partial charge < -0.3 is 5.32 Å². The Labute approximate surface area is 70.6 Å². The van der Waals surface area contributed by atoms with Gasteiger partial charge in [-0.3, -0.25) is 0 Å². The van der Waals surface area contributed by atoms with Gasteiger partial charge in [-0.2, -0.15) is 0 Å². The quantitative estimate of drug-likeness (QED) is 0.660. The van der Waals surface area contributed by atoms with Crippen LogP contribution < -0.4 is 5.32 Å². The van der Waals surface area contributed by atoms with E-state index in [9.17, 15) is 0 Å². The highest BCUT2D eigenvalue weighted by Gasteiger charge is 2.28. The molecule has 1 heteroatoms. The van der Waals surface area contributed by atoms with E-state index in [-0.39, 0.29) is 0 Å². The largest absolute Gasteiger partial charge is 0.312 e. The summed E-state index contributed by atoms with van der Waals surface area (Å²) in [5.41, 5.74) is 0.521. The molecule has 1 saturated carbocycles. The molecule has 0 amide bonds. The van der Waals surface area contributed by atoms with Gasteiger partial charge in [0.2, 0.25) is 0 Å². The van der Waals surface area contributed by atoms with Crippen molar-refractivity contribution < 1.29 is 0 Å². The van der Waals surface area contributed by atoms with Crippen LogP contribution in [-0.2, 0) is 0 Å². The van der Waals surface area contributed by atoms with E-state index in [1.165, 1.54) is 38.5 Å². The minimum absolute atomic E-state index is 0.521. The van der Waals surface area contributed by atoms with Crippen molar-refractivity contribution in [3.8, 4) is 0 Å². The molecule has 1 aliphatic carbocycles. The van der Waals surface area contributed by atoms with Crippen molar-refractivity contribution >= 4 is 0 Å². The molecule has 1 rings (SSSR count). The summed E-state index contributed by atoms with van der Waals surface area (Å²) in [5.74, 6) is 0. The lowest BCUT2D eigenvalue weighted by molar-refractivity contribution is 0.227. The van der Waals surface area contributed by atoms with E-state index in [2.05, 4.69) is 19.2 Å². The number of hydrogen-bond acceptors (Lipinski definition) is 1. The first kappa shape index (κ1) is 9.05. The maximum absolute atomic E-state index is 3.65. The van der Waals surface area contributed by atoms with E-state index >= 15 is 0 Å². The van der Waals surface area contributed by atoms with Crippen molar-refractivity contribution in [1.29, 1.82) is 0 Å². The lowest BCUT2D eigenvalue weighted by atomic mass is 9.80. The molecule has 0 aromatic rings. The smallest absolute Gasteiger partial charge is 0.0178 e. The molecule has 0 heterocycles. The van der Waals surface area contributed by atoms with Crippen LogP contribution in [-0.4, -0.2) is 12.1 Å². The second-order valence-corrected chi connectivity index (χ2v) is 3.72. The van der Waals surface area contributed by atoms with Gasteiger partial charge in [0, 0.05) is 5.54 Å². The fourth-order valence-electron chi connectivity index (χ4n) is 2.26. The molecule has 0 aliphatic heterocycles. The first-order valence-electron chi connectivity index (χ1n) is 5.08. The van der Waals surface area contributed by atoms with E-state index in [4.69, 9.17) is 0 Å². The Balaban J connectivity index is 2.42. The van der Waals surface area contributed by atoms with E-state index in [1.807, 2.05) is 0 Å².